The molecule has 0 aliphatic heterocycles. The van der Waals surface area contributed by atoms with Gasteiger partial charge in [0.05, 0.1) is 5.41 Å². The molecule has 0 aliphatic carbocycles. The molecule has 0 bridgehead atoms. The van der Waals surface area contributed by atoms with Crippen molar-refractivity contribution in [1.29, 1.82) is 0 Å². The van der Waals surface area contributed by atoms with Crippen LogP contribution in [0.4, 0.5) is 8.78 Å². The standard InChI is InChI=1S/C17H13F2NO3S/c18-15-6-1-13(2-7-15)5-10-17(21)20-24(22,23)12-11-14-3-8-16(19)9-4-14/h1-12H,(H,20,21)/b10-5-,12-11+. The zero-order chi connectivity index (χ0) is 17.6. The van der Waals surface area contributed by atoms with Crippen molar-refractivity contribution in [3.8, 4) is 0 Å². The molecule has 7 heteroatoms. The maximum absolute atomic E-state index is 12.8. The largest absolute Gasteiger partial charge is 0.269 e. The van der Waals surface area contributed by atoms with Crippen molar-refractivity contribution in [3.05, 3.63) is 82.8 Å². The molecule has 24 heavy (non-hydrogen) atoms. The Hall–Kier alpha value is -2.80. The van der Waals surface area contributed by atoms with Gasteiger partial charge < -0.3 is 0 Å². The summed E-state index contributed by atoms with van der Waals surface area (Å²) in [6, 6.07) is 10.5. The van der Waals surface area contributed by atoms with E-state index in [1.165, 1.54) is 60.7 Å². The van der Waals surface area contributed by atoms with E-state index >= 15 is 0 Å². The molecule has 1 N–H and O–H groups in total. The van der Waals surface area contributed by atoms with Crippen LogP contribution in [0.3, 0.4) is 0 Å². The Balaban J connectivity index is 1.98. The monoisotopic (exact) mass is 349 g/mol. The van der Waals surface area contributed by atoms with Gasteiger partial charge in [0.25, 0.3) is 15.9 Å². The molecule has 0 saturated carbocycles. The number of benzene rings is 2. The van der Waals surface area contributed by atoms with Gasteiger partial charge in [-0.2, -0.15) is 0 Å². The summed E-state index contributed by atoms with van der Waals surface area (Å²) in [7, 11) is -3.99. The molecule has 0 unspecified atom stereocenters. The van der Waals surface area contributed by atoms with Gasteiger partial charge in [-0.1, -0.05) is 24.3 Å². The average Bonchev–Trinajstić information content (AvgIpc) is 2.53. The van der Waals surface area contributed by atoms with Crippen LogP contribution in [0.5, 0.6) is 0 Å². The molecule has 0 fully saturated rings. The zero-order valence-electron chi connectivity index (χ0n) is 12.3. The molecule has 0 aliphatic rings. The van der Waals surface area contributed by atoms with Crippen molar-refractivity contribution in [3.63, 3.8) is 0 Å². The first-order valence-electron chi connectivity index (χ1n) is 6.78. The van der Waals surface area contributed by atoms with Crippen LogP contribution in [0.25, 0.3) is 12.2 Å². The van der Waals surface area contributed by atoms with E-state index in [0.29, 0.717) is 11.1 Å². The highest BCUT2D eigenvalue weighted by Crippen LogP contribution is 2.06. The van der Waals surface area contributed by atoms with Gasteiger partial charge in [0.15, 0.2) is 0 Å². The minimum atomic E-state index is -3.99. The average molecular weight is 349 g/mol. The number of sulfonamides is 1. The van der Waals surface area contributed by atoms with Gasteiger partial charge >= 0.3 is 0 Å². The smallest absolute Gasteiger partial charge is 0.257 e. The molecule has 1 amide bonds. The summed E-state index contributed by atoms with van der Waals surface area (Å²) >= 11 is 0. The summed E-state index contributed by atoms with van der Waals surface area (Å²) in [6.07, 6.45) is 3.61. The molecule has 0 aromatic heterocycles. The predicted molar refractivity (Wildman–Crippen MR) is 87.9 cm³/mol. The lowest BCUT2D eigenvalue weighted by atomic mass is 10.2. The van der Waals surface area contributed by atoms with Gasteiger partial charge in [-0.25, -0.2) is 21.9 Å². The first-order chi connectivity index (χ1) is 11.3. The highest BCUT2D eigenvalue weighted by atomic mass is 32.2. The molecule has 0 heterocycles. The number of halogens is 2. The molecule has 4 nitrogen and oxygen atoms in total. The Morgan fingerprint density at radius 2 is 1.29 bits per heavy atom. The molecule has 2 aromatic rings. The number of amides is 1. The van der Waals surface area contributed by atoms with Gasteiger partial charge in [-0.3, -0.25) is 4.79 Å². The molecular formula is C17H13F2NO3S. The summed E-state index contributed by atoms with van der Waals surface area (Å²) in [6.45, 7) is 0. The van der Waals surface area contributed by atoms with Gasteiger partial charge in [0, 0.05) is 6.08 Å². The van der Waals surface area contributed by atoms with E-state index in [0.717, 1.165) is 11.5 Å². The number of carbonyl (C=O) groups is 1. The Kier molecular flexibility index (Phi) is 5.59. The molecule has 124 valence electrons. The van der Waals surface area contributed by atoms with Gasteiger partial charge in [0.1, 0.15) is 11.6 Å². The van der Waals surface area contributed by atoms with Crippen molar-refractivity contribution in [2.75, 3.05) is 0 Å². The van der Waals surface area contributed by atoms with Crippen LogP contribution in [-0.2, 0) is 14.8 Å². The molecular weight excluding hydrogens is 336 g/mol. The minimum absolute atomic E-state index is 0.412. The third kappa shape index (κ3) is 5.77. The van der Waals surface area contributed by atoms with Crippen LogP contribution in [0.1, 0.15) is 11.1 Å². The second-order valence-corrected chi connectivity index (χ2v) is 6.32. The van der Waals surface area contributed by atoms with Crippen molar-refractivity contribution in [2.45, 2.75) is 0 Å². The number of carbonyl (C=O) groups excluding carboxylic acids is 1. The third-order valence-electron chi connectivity index (χ3n) is 2.85. The lowest BCUT2D eigenvalue weighted by molar-refractivity contribution is -0.114. The molecule has 0 saturated heterocycles. The third-order valence-corrected chi connectivity index (χ3v) is 3.83. The topological polar surface area (TPSA) is 63.2 Å². The normalized spacial score (nSPS) is 11.9. The number of rotatable bonds is 5. The van der Waals surface area contributed by atoms with Gasteiger partial charge in [0.2, 0.25) is 0 Å². The lowest BCUT2D eigenvalue weighted by Crippen LogP contribution is -2.26. The fourth-order valence-corrected chi connectivity index (χ4v) is 2.45. The predicted octanol–water partition coefficient (Wildman–Crippen LogP) is 3.09. The first kappa shape index (κ1) is 17.6. The summed E-state index contributed by atoms with van der Waals surface area (Å²) in [5.74, 6) is -1.69. The SMILES string of the molecule is O=C(/C=C\c1ccc(F)cc1)NS(=O)(=O)/C=C/c1ccc(F)cc1. The van der Waals surface area contributed by atoms with E-state index in [9.17, 15) is 22.0 Å². The molecule has 2 rings (SSSR count). The molecule has 0 atom stereocenters. The Morgan fingerprint density at radius 3 is 1.79 bits per heavy atom. The van der Waals surface area contributed by atoms with Crippen molar-refractivity contribution in [2.24, 2.45) is 0 Å². The maximum Gasteiger partial charge on any atom is 0.257 e. The van der Waals surface area contributed by atoms with Crippen LogP contribution in [-0.4, -0.2) is 14.3 Å². The summed E-state index contributed by atoms with van der Waals surface area (Å²) < 4.78 is 50.8. The van der Waals surface area contributed by atoms with Gasteiger partial charge in [-0.05, 0) is 47.5 Å². The number of hydrogen-bond donors (Lipinski definition) is 1. The highest BCUT2D eigenvalue weighted by molar-refractivity contribution is 7.93. The Bertz CT molecular complexity index is 871. The maximum atomic E-state index is 12.8. The fourth-order valence-electron chi connectivity index (χ4n) is 1.70. The van der Waals surface area contributed by atoms with E-state index in [-0.39, 0.29) is 0 Å². The lowest BCUT2D eigenvalue weighted by Gasteiger charge is -1.99. The van der Waals surface area contributed by atoms with Crippen molar-refractivity contribution in [1.82, 2.24) is 4.72 Å². The van der Waals surface area contributed by atoms with Crippen LogP contribution < -0.4 is 4.72 Å². The van der Waals surface area contributed by atoms with Crippen LogP contribution >= 0.6 is 0 Å². The highest BCUT2D eigenvalue weighted by Gasteiger charge is 2.08. The van der Waals surface area contributed by atoms with Crippen molar-refractivity contribution < 1.29 is 22.0 Å². The second-order valence-electron chi connectivity index (χ2n) is 4.75. The van der Waals surface area contributed by atoms with Crippen LogP contribution in [0, 0.1) is 11.6 Å². The number of hydrogen-bond acceptors (Lipinski definition) is 3. The van der Waals surface area contributed by atoms with E-state index in [1.807, 2.05) is 4.72 Å². The Morgan fingerprint density at radius 1 is 0.833 bits per heavy atom. The minimum Gasteiger partial charge on any atom is -0.269 e. The Labute approximate surface area is 138 Å². The van der Waals surface area contributed by atoms with E-state index in [2.05, 4.69) is 0 Å². The summed E-state index contributed by atoms with van der Waals surface area (Å²) in [5.41, 5.74) is 1.02. The van der Waals surface area contributed by atoms with E-state index < -0.39 is 27.6 Å². The second kappa shape index (κ2) is 7.65. The quantitative estimate of drug-likeness (QED) is 0.844. The van der Waals surface area contributed by atoms with Gasteiger partial charge in [-0.15, -0.1) is 0 Å². The van der Waals surface area contributed by atoms with E-state index in [1.54, 1.807) is 0 Å². The fraction of sp³-hybridized carbons (Fsp3) is 0. The molecule has 0 radical (unpaired) electrons. The van der Waals surface area contributed by atoms with E-state index in [4.69, 9.17) is 0 Å². The first-order valence-corrected chi connectivity index (χ1v) is 8.33. The number of nitrogens with one attached hydrogen (secondary N) is 1. The zero-order valence-corrected chi connectivity index (χ0v) is 13.1. The van der Waals surface area contributed by atoms with Crippen molar-refractivity contribution >= 4 is 28.1 Å². The summed E-state index contributed by atoms with van der Waals surface area (Å²) in [5, 5.41) is 0.809. The summed E-state index contributed by atoms with van der Waals surface area (Å²) in [4.78, 5) is 11.6. The molecule has 2 aromatic carbocycles. The van der Waals surface area contributed by atoms with Crippen LogP contribution in [0.2, 0.25) is 0 Å². The van der Waals surface area contributed by atoms with Crippen LogP contribution in [0.15, 0.2) is 60.0 Å². The molecule has 0 spiro atoms.